The number of carbonyl (C=O) groups excluding carboxylic acids is 1. The number of hydrogen-bond donors (Lipinski definition) is 1. The number of rotatable bonds is 6. The number of fused-ring (bicyclic) bond motifs is 1. The molecule has 1 heterocycles. The Kier molecular flexibility index (Phi) is 5.76. The van der Waals surface area contributed by atoms with Crippen LogP contribution in [0, 0.1) is 5.92 Å². The van der Waals surface area contributed by atoms with Gasteiger partial charge in [0, 0.05) is 22.5 Å². The van der Waals surface area contributed by atoms with Crippen LogP contribution in [-0.4, -0.2) is 23.5 Å². The van der Waals surface area contributed by atoms with Gasteiger partial charge in [-0.15, -0.1) is 11.8 Å². The largest absolute Gasteiger partial charge is 0.355 e. The molecule has 0 aromatic heterocycles. The zero-order valence-corrected chi connectivity index (χ0v) is 13.6. The van der Waals surface area contributed by atoms with Gasteiger partial charge in [0.1, 0.15) is 0 Å². The number of hydrogen-bond acceptors (Lipinski definition) is 2. The van der Waals surface area contributed by atoms with Gasteiger partial charge in [-0.05, 0) is 24.0 Å². The first-order valence-electron chi connectivity index (χ1n) is 6.81. The average Bonchev–Trinajstić information content (AvgIpc) is 2.87. The Morgan fingerprint density at radius 3 is 3.05 bits per heavy atom. The third-order valence-electron chi connectivity index (χ3n) is 3.68. The molecule has 104 valence electrons. The number of benzene rings is 1. The molecule has 0 fully saturated rings. The number of thioether (sulfide) groups is 1. The van der Waals surface area contributed by atoms with E-state index in [1.165, 1.54) is 10.5 Å². The van der Waals surface area contributed by atoms with Crippen LogP contribution in [0.25, 0.3) is 0 Å². The van der Waals surface area contributed by atoms with Crippen molar-refractivity contribution in [3.63, 3.8) is 0 Å². The quantitative estimate of drug-likeness (QED) is 0.797. The second-order valence-electron chi connectivity index (χ2n) is 4.90. The first-order valence-corrected chi connectivity index (χ1v) is 8.92. The van der Waals surface area contributed by atoms with Gasteiger partial charge in [-0.1, -0.05) is 47.5 Å². The second-order valence-corrected chi connectivity index (χ2v) is 6.75. The summed E-state index contributed by atoms with van der Waals surface area (Å²) in [6, 6.07) is 8.24. The Hall–Kier alpha value is -0.480. The maximum absolute atomic E-state index is 12.3. The average molecular weight is 342 g/mol. The molecule has 0 bridgehead atoms. The van der Waals surface area contributed by atoms with Crippen molar-refractivity contribution >= 4 is 33.6 Å². The van der Waals surface area contributed by atoms with Gasteiger partial charge in [0.25, 0.3) is 0 Å². The molecule has 2 unspecified atom stereocenters. The molecule has 0 saturated heterocycles. The number of halogens is 1. The topological polar surface area (TPSA) is 29.1 Å². The molecule has 1 aromatic rings. The van der Waals surface area contributed by atoms with Crippen LogP contribution in [0.5, 0.6) is 0 Å². The monoisotopic (exact) mass is 341 g/mol. The molecule has 0 radical (unpaired) electrons. The van der Waals surface area contributed by atoms with Gasteiger partial charge in [-0.3, -0.25) is 4.79 Å². The van der Waals surface area contributed by atoms with E-state index >= 15 is 0 Å². The molecule has 2 rings (SSSR count). The van der Waals surface area contributed by atoms with Crippen LogP contribution >= 0.6 is 27.7 Å². The highest BCUT2D eigenvalue weighted by molar-refractivity contribution is 9.09. The molecule has 4 heteroatoms. The van der Waals surface area contributed by atoms with Crippen molar-refractivity contribution in [3.8, 4) is 0 Å². The van der Waals surface area contributed by atoms with Crippen LogP contribution in [0.3, 0.4) is 0 Å². The number of alkyl halides is 1. The predicted octanol–water partition coefficient (Wildman–Crippen LogP) is 3.80. The van der Waals surface area contributed by atoms with Crippen LogP contribution in [-0.2, 0) is 4.79 Å². The van der Waals surface area contributed by atoms with Gasteiger partial charge < -0.3 is 5.32 Å². The van der Waals surface area contributed by atoms with Crippen LogP contribution in [0.4, 0.5) is 0 Å². The minimum Gasteiger partial charge on any atom is -0.355 e. The van der Waals surface area contributed by atoms with E-state index in [-0.39, 0.29) is 11.8 Å². The maximum atomic E-state index is 12.3. The minimum absolute atomic E-state index is 0.0303. The molecule has 2 nitrogen and oxygen atoms in total. The summed E-state index contributed by atoms with van der Waals surface area (Å²) in [5.41, 5.74) is 1.19. The molecule has 0 spiro atoms. The van der Waals surface area contributed by atoms with Crippen molar-refractivity contribution < 1.29 is 4.79 Å². The van der Waals surface area contributed by atoms with Crippen LogP contribution in [0.15, 0.2) is 29.2 Å². The Bertz CT molecular complexity index is 438. The Morgan fingerprint density at radius 2 is 2.32 bits per heavy atom. The molecule has 1 aliphatic rings. The lowest BCUT2D eigenvalue weighted by Crippen LogP contribution is -2.33. The highest BCUT2D eigenvalue weighted by Gasteiger charge is 2.28. The van der Waals surface area contributed by atoms with E-state index in [0.717, 1.165) is 30.5 Å². The fourth-order valence-corrected chi connectivity index (χ4v) is 4.23. The molecule has 2 atom stereocenters. The van der Waals surface area contributed by atoms with E-state index in [1.54, 1.807) is 11.8 Å². The van der Waals surface area contributed by atoms with Crippen molar-refractivity contribution in [2.75, 3.05) is 17.6 Å². The lowest BCUT2D eigenvalue weighted by Gasteiger charge is -2.17. The lowest BCUT2D eigenvalue weighted by atomic mass is 9.99. The molecule has 1 amide bonds. The second kappa shape index (κ2) is 7.34. The smallest absolute Gasteiger partial charge is 0.228 e. The van der Waals surface area contributed by atoms with Crippen molar-refractivity contribution in [1.82, 2.24) is 5.32 Å². The van der Waals surface area contributed by atoms with Crippen molar-refractivity contribution in [1.29, 1.82) is 0 Å². The van der Waals surface area contributed by atoms with E-state index in [9.17, 15) is 4.79 Å². The van der Waals surface area contributed by atoms with E-state index in [4.69, 9.17) is 0 Å². The molecular formula is C15H20BrNOS. The molecular weight excluding hydrogens is 322 g/mol. The standard InChI is InChI=1S/C15H20BrNOS/c1-2-11(7-8-16)9-17-15(18)13-10-19-14-6-4-3-5-12(13)14/h3-6,11,13H,2,7-10H2,1H3,(H,17,18). The van der Waals surface area contributed by atoms with Gasteiger partial charge in [0.2, 0.25) is 5.91 Å². The molecule has 0 aliphatic carbocycles. The van der Waals surface area contributed by atoms with Crippen molar-refractivity contribution in [2.45, 2.75) is 30.6 Å². The van der Waals surface area contributed by atoms with E-state index in [1.807, 2.05) is 12.1 Å². The molecule has 19 heavy (non-hydrogen) atoms. The summed E-state index contributed by atoms with van der Waals surface area (Å²) >= 11 is 5.26. The van der Waals surface area contributed by atoms with E-state index < -0.39 is 0 Å². The summed E-state index contributed by atoms with van der Waals surface area (Å²) in [6.45, 7) is 2.98. The third kappa shape index (κ3) is 3.76. The SMILES string of the molecule is CCC(CCBr)CNC(=O)C1CSc2ccccc21. The molecule has 1 aromatic carbocycles. The van der Waals surface area contributed by atoms with Crippen molar-refractivity contribution in [2.24, 2.45) is 5.92 Å². The minimum atomic E-state index is 0.0303. The fraction of sp³-hybridized carbons (Fsp3) is 0.533. The molecule has 0 saturated carbocycles. The highest BCUT2D eigenvalue weighted by atomic mass is 79.9. The van der Waals surface area contributed by atoms with Gasteiger partial charge in [-0.2, -0.15) is 0 Å². The summed E-state index contributed by atoms with van der Waals surface area (Å²) in [7, 11) is 0. The molecule has 1 aliphatic heterocycles. The lowest BCUT2D eigenvalue weighted by molar-refractivity contribution is -0.122. The Morgan fingerprint density at radius 1 is 1.53 bits per heavy atom. The number of amides is 1. The van der Waals surface area contributed by atoms with Crippen molar-refractivity contribution in [3.05, 3.63) is 29.8 Å². The normalized spacial score (nSPS) is 18.9. The Balaban J connectivity index is 1.91. The van der Waals surface area contributed by atoms with Gasteiger partial charge in [0.05, 0.1) is 5.92 Å². The Labute approximate surface area is 127 Å². The van der Waals surface area contributed by atoms with Crippen LogP contribution in [0.1, 0.15) is 31.2 Å². The number of nitrogens with one attached hydrogen (secondary N) is 1. The van der Waals surface area contributed by atoms with Gasteiger partial charge in [0.15, 0.2) is 0 Å². The van der Waals surface area contributed by atoms with Gasteiger partial charge >= 0.3 is 0 Å². The van der Waals surface area contributed by atoms with E-state index in [2.05, 4.69) is 40.3 Å². The summed E-state index contributed by atoms with van der Waals surface area (Å²) in [6.07, 6.45) is 2.23. The summed E-state index contributed by atoms with van der Waals surface area (Å²) < 4.78 is 0. The zero-order chi connectivity index (χ0) is 13.7. The number of carbonyl (C=O) groups is 1. The molecule has 1 N–H and O–H groups in total. The summed E-state index contributed by atoms with van der Waals surface area (Å²) in [5, 5.41) is 4.13. The fourth-order valence-electron chi connectivity index (χ4n) is 2.35. The summed E-state index contributed by atoms with van der Waals surface area (Å²) in [5.74, 6) is 1.67. The summed E-state index contributed by atoms with van der Waals surface area (Å²) in [4.78, 5) is 13.6. The van der Waals surface area contributed by atoms with Crippen LogP contribution < -0.4 is 5.32 Å². The van der Waals surface area contributed by atoms with Crippen LogP contribution in [0.2, 0.25) is 0 Å². The predicted molar refractivity (Wildman–Crippen MR) is 85.1 cm³/mol. The maximum Gasteiger partial charge on any atom is 0.228 e. The highest BCUT2D eigenvalue weighted by Crippen LogP contribution is 2.39. The zero-order valence-electron chi connectivity index (χ0n) is 11.2. The first-order chi connectivity index (χ1) is 9.26. The first kappa shape index (κ1) is 14.9. The third-order valence-corrected chi connectivity index (χ3v) is 5.32. The van der Waals surface area contributed by atoms with Gasteiger partial charge in [-0.25, -0.2) is 0 Å². The van der Waals surface area contributed by atoms with E-state index in [0.29, 0.717) is 5.92 Å².